The highest BCUT2D eigenvalue weighted by Crippen LogP contribution is 2.16. The highest BCUT2D eigenvalue weighted by molar-refractivity contribution is 5.55. The van der Waals surface area contributed by atoms with Crippen molar-refractivity contribution in [3.05, 3.63) is 35.7 Å². The number of aromatic amines is 1. The summed E-state index contributed by atoms with van der Waals surface area (Å²) in [6.07, 6.45) is 0.865. The summed E-state index contributed by atoms with van der Waals surface area (Å²) in [4.78, 5) is 4.37. The van der Waals surface area contributed by atoms with Crippen LogP contribution in [-0.4, -0.2) is 15.2 Å². The molecule has 1 aromatic carbocycles. The van der Waals surface area contributed by atoms with E-state index in [1.165, 1.54) is 0 Å². The number of nitrogens with one attached hydrogen (secondary N) is 1. The number of benzene rings is 1. The number of H-pyrrole nitrogens is 1. The van der Waals surface area contributed by atoms with Gasteiger partial charge in [0, 0.05) is 18.5 Å². The number of hydrogen-bond acceptors (Lipinski definition) is 3. The van der Waals surface area contributed by atoms with Crippen molar-refractivity contribution in [1.82, 2.24) is 15.2 Å². The number of hydrogen-bond donors (Lipinski definition) is 2. The second-order valence-corrected chi connectivity index (χ2v) is 3.36. The molecule has 0 aliphatic heterocycles. The summed E-state index contributed by atoms with van der Waals surface area (Å²) in [5, 5.41) is 7.05. The lowest BCUT2D eigenvalue weighted by atomic mass is 10.1. The lowest BCUT2D eigenvalue weighted by Gasteiger charge is -1.98. The van der Waals surface area contributed by atoms with Crippen molar-refractivity contribution in [3.63, 3.8) is 0 Å². The SMILES string of the molecule is CCc1nc(-c2cccc(CN)c2)n[nH]1. The van der Waals surface area contributed by atoms with Crippen molar-refractivity contribution in [2.45, 2.75) is 19.9 Å². The molecule has 0 saturated carbocycles. The first-order valence-corrected chi connectivity index (χ1v) is 5.04. The van der Waals surface area contributed by atoms with Crippen LogP contribution in [0.25, 0.3) is 11.4 Å². The molecule has 0 amide bonds. The van der Waals surface area contributed by atoms with Crippen molar-refractivity contribution in [3.8, 4) is 11.4 Å². The van der Waals surface area contributed by atoms with Gasteiger partial charge in [-0.3, -0.25) is 5.10 Å². The summed E-state index contributed by atoms with van der Waals surface area (Å²) >= 11 is 0. The normalized spacial score (nSPS) is 10.5. The largest absolute Gasteiger partial charge is 0.326 e. The average Bonchev–Trinajstić information content (AvgIpc) is 2.78. The fraction of sp³-hybridized carbons (Fsp3) is 0.273. The Hall–Kier alpha value is -1.68. The molecule has 0 fully saturated rings. The molecule has 4 heteroatoms. The Kier molecular flexibility index (Phi) is 2.78. The third kappa shape index (κ3) is 2.05. The highest BCUT2D eigenvalue weighted by Gasteiger charge is 2.04. The molecule has 2 rings (SSSR count). The molecule has 0 bridgehead atoms. The van der Waals surface area contributed by atoms with Crippen molar-refractivity contribution in [2.24, 2.45) is 5.73 Å². The molecule has 78 valence electrons. The van der Waals surface area contributed by atoms with Crippen LogP contribution in [0.2, 0.25) is 0 Å². The van der Waals surface area contributed by atoms with Gasteiger partial charge in [0.1, 0.15) is 5.82 Å². The number of rotatable bonds is 3. The lowest BCUT2D eigenvalue weighted by molar-refractivity contribution is 0.946. The van der Waals surface area contributed by atoms with Gasteiger partial charge in [0.05, 0.1) is 0 Å². The Morgan fingerprint density at radius 2 is 2.27 bits per heavy atom. The smallest absolute Gasteiger partial charge is 0.181 e. The van der Waals surface area contributed by atoms with Crippen LogP contribution in [0.4, 0.5) is 0 Å². The molecule has 2 aromatic rings. The molecule has 0 unspecified atom stereocenters. The summed E-state index contributed by atoms with van der Waals surface area (Å²) in [6, 6.07) is 7.97. The predicted molar refractivity (Wildman–Crippen MR) is 59.1 cm³/mol. The second kappa shape index (κ2) is 4.23. The number of aromatic nitrogens is 3. The lowest BCUT2D eigenvalue weighted by Crippen LogP contribution is -1.96. The molecule has 1 heterocycles. The molecular weight excluding hydrogens is 188 g/mol. The minimum absolute atomic E-state index is 0.541. The van der Waals surface area contributed by atoms with Gasteiger partial charge in [-0.05, 0) is 11.6 Å². The van der Waals surface area contributed by atoms with E-state index < -0.39 is 0 Å². The van der Waals surface area contributed by atoms with E-state index in [0.717, 1.165) is 29.2 Å². The van der Waals surface area contributed by atoms with Gasteiger partial charge in [-0.1, -0.05) is 25.1 Å². The zero-order valence-corrected chi connectivity index (χ0v) is 8.70. The van der Waals surface area contributed by atoms with E-state index in [0.29, 0.717) is 6.54 Å². The van der Waals surface area contributed by atoms with E-state index >= 15 is 0 Å². The van der Waals surface area contributed by atoms with E-state index in [1.807, 2.05) is 31.2 Å². The first kappa shape index (κ1) is 9.86. The molecular formula is C11H14N4. The third-order valence-electron chi connectivity index (χ3n) is 2.29. The van der Waals surface area contributed by atoms with E-state index in [4.69, 9.17) is 5.73 Å². The predicted octanol–water partition coefficient (Wildman–Crippen LogP) is 1.49. The maximum atomic E-state index is 5.58. The standard InChI is InChI=1S/C11H14N4/c1-2-10-13-11(15-14-10)9-5-3-4-8(6-9)7-12/h3-6H,2,7,12H2,1H3,(H,13,14,15). The summed E-state index contributed by atoms with van der Waals surface area (Å²) in [6.45, 7) is 2.58. The van der Waals surface area contributed by atoms with E-state index in [1.54, 1.807) is 0 Å². The summed E-state index contributed by atoms with van der Waals surface area (Å²) in [7, 11) is 0. The van der Waals surface area contributed by atoms with Crippen LogP contribution in [0.5, 0.6) is 0 Å². The van der Waals surface area contributed by atoms with Gasteiger partial charge in [0.2, 0.25) is 0 Å². The monoisotopic (exact) mass is 202 g/mol. The van der Waals surface area contributed by atoms with E-state index in [2.05, 4.69) is 15.2 Å². The van der Waals surface area contributed by atoms with Gasteiger partial charge >= 0.3 is 0 Å². The van der Waals surface area contributed by atoms with Gasteiger partial charge in [0.25, 0.3) is 0 Å². The molecule has 15 heavy (non-hydrogen) atoms. The minimum atomic E-state index is 0.541. The zero-order chi connectivity index (χ0) is 10.7. The Labute approximate surface area is 88.5 Å². The molecule has 1 aromatic heterocycles. The molecule has 3 N–H and O–H groups in total. The molecule has 4 nitrogen and oxygen atoms in total. The molecule has 0 radical (unpaired) electrons. The van der Waals surface area contributed by atoms with Gasteiger partial charge in [0.15, 0.2) is 5.82 Å². The van der Waals surface area contributed by atoms with Crippen molar-refractivity contribution < 1.29 is 0 Å². The molecule has 0 aliphatic carbocycles. The van der Waals surface area contributed by atoms with Crippen LogP contribution in [-0.2, 0) is 13.0 Å². The van der Waals surface area contributed by atoms with Gasteiger partial charge in [-0.15, -0.1) is 0 Å². The molecule has 0 aliphatic rings. The van der Waals surface area contributed by atoms with Crippen LogP contribution in [0.1, 0.15) is 18.3 Å². The Bertz CT molecular complexity index is 447. The van der Waals surface area contributed by atoms with Crippen LogP contribution >= 0.6 is 0 Å². The number of aryl methyl sites for hydroxylation is 1. The van der Waals surface area contributed by atoms with E-state index in [-0.39, 0.29) is 0 Å². The summed E-state index contributed by atoms with van der Waals surface area (Å²) in [5.74, 6) is 1.64. The van der Waals surface area contributed by atoms with E-state index in [9.17, 15) is 0 Å². The fourth-order valence-electron chi connectivity index (χ4n) is 1.42. The minimum Gasteiger partial charge on any atom is -0.326 e. The van der Waals surface area contributed by atoms with Crippen LogP contribution in [0.3, 0.4) is 0 Å². The first-order chi connectivity index (χ1) is 7.33. The molecule has 0 saturated heterocycles. The van der Waals surface area contributed by atoms with Crippen molar-refractivity contribution in [2.75, 3.05) is 0 Å². The Morgan fingerprint density at radius 3 is 2.93 bits per heavy atom. The first-order valence-electron chi connectivity index (χ1n) is 5.04. The maximum Gasteiger partial charge on any atom is 0.181 e. The Balaban J connectivity index is 2.35. The van der Waals surface area contributed by atoms with Crippen molar-refractivity contribution >= 4 is 0 Å². The van der Waals surface area contributed by atoms with Gasteiger partial charge in [-0.25, -0.2) is 4.98 Å². The highest BCUT2D eigenvalue weighted by atomic mass is 15.2. The molecule has 0 atom stereocenters. The fourth-order valence-corrected chi connectivity index (χ4v) is 1.42. The van der Waals surface area contributed by atoms with Gasteiger partial charge < -0.3 is 5.73 Å². The van der Waals surface area contributed by atoms with Crippen LogP contribution in [0, 0.1) is 0 Å². The third-order valence-corrected chi connectivity index (χ3v) is 2.29. The number of nitrogens with two attached hydrogens (primary N) is 1. The summed E-state index contributed by atoms with van der Waals surface area (Å²) in [5.41, 5.74) is 7.68. The topological polar surface area (TPSA) is 67.6 Å². The van der Waals surface area contributed by atoms with Crippen molar-refractivity contribution in [1.29, 1.82) is 0 Å². The van der Waals surface area contributed by atoms with Gasteiger partial charge in [-0.2, -0.15) is 5.10 Å². The van der Waals surface area contributed by atoms with Crippen LogP contribution in [0.15, 0.2) is 24.3 Å². The maximum absolute atomic E-state index is 5.58. The molecule has 0 spiro atoms. The summed E-state index contributed by atoms with van der Waals surface area (Å²) < 4.78 is 0. The number of nitrogens with zero attached hydrogens (tertiary/aromatic N) is 2. The zero-order valence-electron chi connectivity index (χ0n) is 8.70. The Morgan fingerprint density at radius 1 is 1.40 bits per heavy atom. The quantitative estimate of drug-likeness (QED) is 0.792. The second-order valence-electron chi connectivity index (χ2n) is 3.36. The average molecular weight is 202 g/mol. The van der Waals surface area contributed by atoms with Crippen LogP contribution < -0.4 is 5.73 Å².